The van der Waals surface area contributed by atoms with Gasteiger partial charge in [-0.15, -0.1) is 0 Å². The molecule has 108 valence electrons. The van der Waals surface area contributed by atoms with E-state index < -0.39 is 0 Å². The van der Waals surface area contributed by atoms with Crippen LogP contribution >= 0.6 is 27.5 Å². The number of hydrogen-bond acceptors (Lipinski definition) is 1. The topological polar surface area (TPSA) is 9.23 Å². The van der Waals surface area contributed by atoms with Gasteiger partial charge in [0.25, 0.3) is 0 Å². The van der Waals surface area contributed by atoms with Crippen molar-refractivity contribution in [2.24, 2.45) is 0 Å². The van der Waals surface area contributed by atoms with Crippen LogP contribution in [0.25, 0.3) is 32.3 Å². The molecule has 0 heterocycles. The zero-order valence-electron chi connectivity index (χ0n) is 11.9. The van der Waals surface area contributed by atoms with Crippen LogP contribution in [0.4, 0.5) is 0 Å². The second kappa shape index (κ2) is 5.15. The van der Waals surface area contributed by atoms with Crippen molar-refractivity contribution < 1.29 is 4.74 Å². The molecule has 0 atom stereocenters. The smallest absolute Gasteiger partial charge is 0.138 e. The van der Waals surface area contributed by atoms with Gasteiger partial charge in [-0.1, -0.05) is 57.9 Å². The lowest BCUT2D eigenvalue weighted by Crippen LogP contribution is -1.86. The Morgan fingerprint density at radius 1 is 0.773 bits per heavy atom. The summed E-state index contributed by atoms with van der Waals surface area (Å²) in [6.07, 6.45) is 0. The molecule has 4 rings (SSSR count). The Morgan fingerprint density at radius 2 is 1.36 bits per heavy atom. The summed E-state index contributed by atoms with van der Waals surface area (Å²) in [6.45, 7) is 0. The van der Waals surface area contributed by atoms with Crippen molar-refractivity contribution in [1.29, 1.82) is 0 Å². The van der Waals surface area contributed by atoms with Crippen molar-refractivity contribution in [2.75, 3.05) is 7.11 Å². The van der Waals surface area contributed by atoms with Crippen molar-refractivity contribution in [3.8, 4) is 5.75 Å². The van der Waals surface area contributed by atoms with E-state index in [9.17, 15) is 0 Å². The molecule has 0 saturated heterocycles. The number of methoxy groups -OCH3 is 1. The monoisotopic (exact) mass is 370 g/mol. The van der Waals surface area contributed by atoms with Crippen LogP contribution in [0, 0.1) is 0 Å². The summed E-state index contributed by atoms with van der Waals surface area (Å²) in [6, 6.07) is 18.9. The third-order valence-electron chi connectivity index (χ3n) is 4.09. The molecule has 4 aromatic carbocycles. The molecule has 0 radical (unpaired) electrons. The summed E-state index contributed by atoms with van der Waals surface area (Å²) < 4.78 is 6.40. The molecule has 0 aliphatic rings. The van der Waals surface area contributed by atoms with Crippen LogP contribution in [0.5, 0.6) is 5.75 Å². The molecule has 3 heteroatoms. The first-order valence-corrected chi connectivity index (χ1v) is 8.13. The molecular formula is C19H12BrClO. The maximum atomic E-state index is 6.45. The third kappa shape index (κ3) is 1.98. The van der Waals surface area contributed by atoms with E-state index in [4.69, 9.17) is 16.3 Å². The average Bonchev–Trinajstić information content (AvgIpc) is 2.54. The molecule has 0 spiro atoms. The SMILES string of the molecule is COc1ccc2c(ccc3c4ccc(Br)cc4ccc23)c1Cl. The molecular weight excluding hydrogens is 360 g/mol. The summed E-state index contributed by atoms with van der Waals surface area (Å²) in [5.74, 6) is 0.707. The van der Waals surface area contributed by atoms with Gasteiger partial charge in [0.05, 0.1) is 12.1 Å². The first-order chi connectivity index (χ1) is 10.7. The Hall–Kier alpha value is -1.77. The highest BCUT2D eigenvalue weighted by atomic mass is 79.9. The first-order valence-electron chi connectivity index (χ1n) is 6.96. The molecule has 0 unspecified atom stereocenters. The second-order valence-corrected chi connectivity index (χ2v) is 6.56. The fourth-order valence-electron chi connectivity index (χ4n) is 3.03. The third-order valence-corrected chi connectivity index (χ3v) is 4.98. The van der Waals surface area contributed by atoms with Crippen molar-refractivity contribution in [3.05, 3.63) is 64.1 Å². The van der Waals surface area contributed by atoms with Gasteiger partial charge in [-0.25, -0.2) is 0 Å². The molecule has 4 aromatic rings. The molecule has 0 aromatic heterocycles. The quantitative estimate of drug-likeness (QED) is 0.344. The van der Waals surface area contributed by atoms with Gasteiger partial charge < -0.3 is 4.74 Å². The Bertz CT molecular complexity index is 1040. The Labute approximate surface area is 141 Å². The van der Waals surface area contributed by atoms with Crippen molar-refractivity contribution in [3.63, 3.8) is 0 Å². The lowest BCUT2D eigenvalue weighted by atomic mass is 9.97. The van der Waals surface area contributed by atoms with Crippen LogP contribution in [0.2, 0.25) is 5.02 Å². The van der Waals surface area contributed by atoms with Crippen molar-refractivity contribution >= 4 is 59.8 Å². The van der Waals surface area contributed by atoms with E-state index >= 15 is 0 Å². The van der Waals surface area contributed by atoms with Gasteiger partial charge in [-0.2, -0.15) is 0 Å². The van der Waals surface area contributed by atoms with Crippen LogP contribution in [0.1, 0.15) is 0 Å². The zero-order chi connectivity index (χ0) is 15.3. The Morgan fingerprint density at radius 3 is 2.18 bits per heavy atom. The molecule has 0 fully saturated rings. The van der Waals surface area contributed by atoms with Gasteiger partial charge in [-0.3, -0.25) is 0 Å². The van der Waals surface area contributed by atoms with Gasteiger partial charge in [-0.05, 0) is 51.2 Å². The highest BCUT2D eigenvalue weighted by molar-refractivity contribution is 9.10. The number of benzene rings is 4. The van der Waals surface area contributed by atoms with E-state index in [1.54, 1.807) is 7.11 Å². The maximum absolute atomic E-state index is 6.45. The number of ether oxygens (including phenoxy) is 1. The normalized spacial score (nSPS) is 11.4. The van der Waals surface area contributed by atoms with Crippen LogP contribution in [-0.2, 0) is 0 Å². The molecule has 0 amide bonds. The standard InChI is InChI=1S/C19H12BrClO/c1-22-18-9-8-16-15-4-2-11-10-12(20)3-5-13(11)14(15)6-7-17(16)19(18)21/h2-10H,1H3. The highest BCUT2D eigenvalue weighted by Crippen LogP contribution is 2.38. The van der Waals surface area contributed by atoms with Crippen LogP contribution in [-0.4, -0.2) is 7.11 Å². The van der Waals surface area contributed by atoms with Crippen molar-refractivity contribution in [2.45, 2.75) is 0 Å². The van der Waals surface area contributed by atoms with E-state index in [1.807, 2.05) is 6.07 Å². The summed E-state index contributed by atoms with van der Waals surface area (Å²) in [5.41, 5.74) is 0. The number of fused-ring (bicyclic) bond motifs is 5. The number of rotatable bonds is 1. The van der Waals surface area contributed by atoms with E-state index in [2.05, 4.69) is 64.5 Å². The first kappa shape index (κ1) is 13.9. The van der Waals surface area contributed by atoms with E-state index in [-0.39, 0.29) is 0 Å². The van der Waals surface area contributed by atoms with Crippen LogP contribution < -0.4 is 4.74 Å². The molecule has 0 N–H and O–H groups in total. The van der Waals surface area contributed by atoms with Crippen LogP contribution in [0.15, 0.2) is 59.1 Å². The average molecular weight is 372 g/mol. The van der Waals surface area contributed by atoms with Gasteiger partial charge in [0, 0.05) is 9.86 Å². The minimum absolute atomic E-state index is 0.665. The Balaban J connectivity index is 2.17. The fraction of sp³-hybridized carbons (Fsp3) is 0.0526. The largest absolute Gasteiger partial charge is 0.495 e. The lowest BCUT2D eigenvalue weighted by molar-refractivity contribution is 0.415. The summed E-state index contributed by atoms with van der Waals surface area (Å²) >= 11 is 9.98. The van der Waals surface area contributed by atoms with Gasteiger partial charge in [0.15, 0.2) is 0 Å². The zero-order valence-corrected chi connectivity index (χ0v) is 14.2. The number of hydrogen-bond donors (Lipinski definition) is 0. The van der Waals surface area contributed by atoms with Crippen molar-refractivity contribution in [1.82, 2.24) is 0 Å². The van der Waals surface area contributed by atoms with Gasteiger partial charge >= 0.3 is 0 Å². The summed E-state index contributed by atoms with van der Waals surface area (Å²) in [4.78, 5) is 0. The lowest BCUT2D eigenvalue weighted by Gasteiger charge is -2.11. The Kier molecular flexibility index (Phi) is 3.24. The van der Waals surface area contributed by atoms with E-state index in [0.717, 1.165) is 15.2 Å². The minimum Gasteiger partial charge on any atom is -0.495 e. The second-order valence-electron chi connectivity index (χ2n) is 5.27. The summed E-state index contributed by atoms with van der Waals surface area (Å²) in [7, 11) is 1.64. The molecule has 0 aliphatic carbocycles. The van der Waals surface area contributed by atoms with E-state index in [1.165, 1.54) is 21.5 Å². The fourth-order valence-corrected chi connectivity index (χ4v) is 3.72. The predicted molar refractivity (Wildman–Crippen MR) is 98.2 cm³/mol. The van der Waals surface area contributed by atoms with Crippen LogP contribution in [0.3, 0.4) is 0 Å². The van der Waals surface area contributed by atoms with Gasteiger partial charge in [0.2, 0.25) is 0 Å². The molecule has 0 saturated carbocycles. The summed E-state index contributed by atoms with van der Waals surface area (Å²) in [5, 5.41) is 7.74. The molecule has 1 nitrogen and oxygen atoms in total. The maximum Gasteiger partial charge on any atom is 0.138 e. The predicted octanol–water partition coefficient (Wildman–Crippen LogP) is 6.57. The molecule has 0 aliphatic heterocycles. The molecule has 0 bridgehead atoms. The van der Waals surface area contributed by atoms with Gasteiger partial charge in [0.1, 0.15) is 5.75 Å². The number of halogens is 2. The molecule has 22 heavy (non-hydrogen) atoms. The highest BCUT2D eigenvalue weighted by Gasteiger charge is 2.10. The van der Waals surface area contributed by atoms with E-state index in [0.29, 0.717) is 10.8 Å². The minimum atomic E-state index is 0.665.